The van der Waals surface area contributed by atoms with Crippen molar-refractivity contribution in [3.63, 3.8) is 0 Å². The Morgan fingerprint density at radius 3 is 2.61 bits per heavy atom. The van der Waals surface area contributed by atoms with Gasteiger partial charge in [-0.3, -0.25) is 20.0 Å². The highest BCUT2D eigenvalue weighted by molar-refractivity contribution is 5.97. The van der Waals surface area contributed by atoms with Gasteiger partial charge in [-0.1, -0.05) is 30.3 Å². The number of carbonyl (C=O) groups excluding carboxylic acids is 2. The maximum Gasteiger partial charge on any atom is 0.249 e. The normalized spacial score (nSPS) is 10.2. The van der Waals surface area contributed by atoms with Crippen LogP contribution in [0.3, 0.4) is 0 Å². The predicted octanol–water partition coefficient (Wildman–Crippen LogP) is 3.15. The Labute approximate surface area is 179 Å². The molecule has 3 aromatic rings. The Morgan fingerprint density at radius 2 is 1.87 bits per heavy atom. The number of H-pyrrole nitrogens is 1. The van der Waals surface area contributed by atoms with Crippen molar-refractivity contribution in [3.8, 4) is 23.2 Å². The van der Waals surface area contributed by atoms with E-state index in [1.165, 1.54) is 4.90 Å². The number of rotatable bonds is 9. The van der Waals surface area contributed by atoms with E-state index in [4.69, 9.17) is 10.00 Å². The molecule has 2 amide bonds. The van der Waals surface area contributed by atoms with E-state index in [9.17, 15) is 9.59 Å². The number of nitriles is 1. The van der Waals surface area contributed by atoms with Crippen LogP contribution in [-0.4, -0.2) is 40.7 Å². The van der Waals surface area contributed by atoms with Crippen LogP contribution >= 0.6 is 0 Å². The Morgan fingerprint density at radius 1 is 1.13 bits per heavy atom. The molecule has 0 aliphatic rings. The molecule has 9 nitrogen and oxygen atoms in total. The van der Waals surface area contributed by atoms with E-state index in [1.807, 2.05) is 42.5 Å². The molecule has 9 heteroatoms. The first-order valence-electron chi connectivity index (χ1n) is 9.70. The third-order valence-corrected chi connectivity index (χ3v) is 4.48. The summed E-state index contributed by atoms with van der Waals surface area (Å²) in [6.45, 7) is 0.268. The number of hydrogen-bond acceptors (Lipinski definition) is 6. The summed E-state index contributed by atoms with van der Waals surface area (Å²) in [7, 11) is 1.56. The highest BCUT2D eigenvalue weighted by Crippen LogP contribution is 2.27. The maximum absolute atomic E-state index is 12.7. The largest absolute Gasteiger partial charge is 0.496 e. The van der Waals surface area contributed by atoms with E-state index in [0.29, 0.717) is 22.8 Å². The molecule has 31 heavy (non-hydrogen) atoms. The topological polar surface area (TPSA) is 124 Å². The van der Waals surface area contributed by atoms with Crippen molar-refractivity contribution in [2.75, 3.05) is 23.9 Å². The molecular weight excluding hydrogens is 396 g/mol. The summed E-state index contributed by atoms with van der Waals surface area (Å²) in [5.41, 5.74) is 1.41. The number of aromatic amines is 1. The van der Waals surface area contributed by atoms with Gasteiger partial charge in [-0.25, -0.2) is 0 Å². The quantitative estimate of drug-likeness (QED) is 0.550. The molecule has 0 atom stereocenters. The smallest absolute Gasteiger partial charge is 0.249 e. The lowest BCUT2D eigenvalue weighted by molar-refractivity contribution is -0.122. The van der Waals surface area contributed by atoms with E-state index in [2.05, 4.69) is 20.5 Å². The number of anilines is 2. The first-order valence-corrected chi connectivity index (χ1v) is 9.70. The zero-order valence-corrected chi connectivity index (χ0v) is 17.0. The highest BCUT2D eigenvalue weighted by Gasteiger charge is 2.18. The molecule has 0 spiro atoms. The number of ether oxygens (including phenoxy) is 1. The zero-order valence-electron chi connectivity index (χ0n) is 17.0. The molecular formula is C22H22N6O3. The van der Waals surface area contributed by atoms with Crippen molar-refractivity contribution in [3.05, 3.63) is 54.6 Å². The molecule has 0 bridgehead atoms. The molecule has 1 heterocycles. The number of aromatic nitrogens is 3. The third kappa shape index (κ3) is 5.67. The first kappa shape index (κ1) is 21.5. The summed E-state index contributed by atoms with van der Waals surface area (Å²) in [6, 6.07) is 18.4. The second-order valence-corrected chi connectivity index (χ2v) is 6.55. The fourth-order valence-electron chi connectivity index (χ4n) is 2.99. The second-order valence-electron chi connectivity index (χ2n) is 6.55. The summed E-state index contributed by atoms with van der Waals surface area (Å²) in [5.74, 6) is 0.576. The van der Waals surface area contributed by atoms with Crippen LogP contribution in [0, 0.1) is 11.3 Å². The molecule has 1 aromatic heterocycles. The minimum atomic E-state index is -0.382. The van der Waals surface area contributed by atoms with Crippen molar-refractivity contribution in [1.29, 1.82) is 5.26 Å². The lowest BCUT2D eigenvalue weighted by Gasteiger charge is -2.21. The Bertz CT molecular complexity index is 1070. The van der Waals surface area contributed by atoms with Crippen LogP contribution in [0.2, 0.25) is 0 Å². The molecule has 2 aromatic carbocycles. The van der Waals surface area contributed by atoms with E-state index >= 15 is 0 Å². The number of nitrogens with one attached hydrogen (secondary N) is 2. The average molecular weight is 418 g/mol. The highest BCUT2D eigenvalue weighted by atomic mass is 16.5. The van der Waals surface area contributed by atoms with Crippen molar-refractivity contribution in [2.45, 2.75) is 19.3 Å². The first-order chi connectivity index (χ1) is 15.1. The van der Waals surface area contributed by atoms with Gasteiger partial charge in [0.2, 0.25) is 17.8 Å². The monoisotopic (exact) mass is 418 g/mol. The molecule has 0 unspecified atom stereocenters. The zero-order chi connectivity index (χ0) is 22.1. The number of methoxy groups -OCH3 is 1. The number of hydrogen-bond donors (Lipinski definition) is 2. The number of nitrogens with zero attached hydrogens (tertiary/aromatic N) is 4. The van der Waals surface area contributed by atoms with Gasteiger partial charge >= 0.3 is 0 Å². The van der Waals surface area contributed by atoms with Crippen LogP contribution in [0.5, 0.6) is 5.75 Å². The van der Waals surface area contributed by atoms with E-state index in [-0.39, 0.29) is 43.6 Å². The van der Waals surface area contributed by atoms with Crippen LogP contribution in [0.1, 0.15) is 19.3 Å². The Balaban J connectivity index is 1.59. The van der Waals surface area contributed by atoms with Gasteiger partial charge in [0, 0.05) is 25.1 Å². The van der Waals surface area contributed by atoms with E-state index < -0.39 is 0 Å². The second kappa shape index (κ2) is 10.5. The maximum atomic E-state index is 12.7. The molecule has 0 aliphatic heterocycles. The van der Waals surface area contributed by atoms with Gasteiger partial charge < -0.3 is 9.64 Å². The van der Waals surface area contributed by atoms with Crippen LogP contribution in [0.25, 0.3) is 11.4 Å². The standard InChI is InChI=1S/C22H22N6O3/c1-31-18-11-6-5-10-17(18)21-25-22(27-26-21)24-19(29)12-13-20(30)28(15-7-14-23)16-8-3-2-4-9-16/h2-6,8-11H,7,12-13,15H2,1H3,(H2,24,25,26,27,29). The van der Waals surface area contributed by atoms with Gasteiger partial charge in [-0.15, -0.1) is 5.10 Å². The van der Waals surface area contributed by atoms with Crippen LogP contribution in [0.15, 0.2) is 54.6 Å². The fraction of sp³-hybridized carbons (Fsp3) is 0.227. The molecule has 0 radical (unpaired) electrons. The molecule has 2 N–H and O–H groups in total. The van der Waals surface area contributed by atoms with Gasteiger partial charge in [0.05, 0.1) is 25.2 Å². The molecule has 0 aliphatic carbocycles. The van der Waals surface area contributed by atoms with Crippen LogP contribution in [0.4, 0.5) is 11.6 Å². The molecule has 3 rings (SSSR count). The number of carbonyl (C=O) groups is 2. The number of para-hydroxylation sites is 2. The summed E-state index contributed by atoms with van der Waals surface area (Å²) in [5, 5.41) is 18.2. The number of amides is 2. The van der Waals surface area contributed by atoms with Crippen molar-refractivity contribution >= 4 is 23.5 Å². The van der Waals surface area contributed by atoms with Gasteiger partial charge in [0.25, 0.3) is 0 Å². The van der Waals surface area contributed by atoms with Gasteiger partial charge in [-0.05, 0) is 24.3 Å². The summed E-state index contributed by atoms with van der Waals surface area (Å²) >= 11 is 0. The van der Waals surface area contributed by atoms with Gasteiger partial charge in [0.15, 0.2) is 5.82 Å². The predicted molar refractivity (Wildman–Crippen MR) is 115 cm³/mol. The molecule has 0 saturated carbocycles. The van der Waals surface area contributed by atoms with Crippen molar-refractivity contribution in [1.82, 2.24) is 15.2 Å². The Kier molecular flexibility index (Phi) is 7.32. The van der Waals surface area contributed by atoms with Crippen molar-refractivity contribution in [2.24, 2.45) is 0 Å². The number of benzene rings is 2. The van der Waals surface area contributed by atoms with Gasteiger partial charge in [0.1, 0.15) is 5.75 Å². The fourth-order valence-corrected chi connectivity index (χ4v) is 2.99. The molecule has 0 saturated heterocycles. The van der Waals surface area contributed by atoms with Crippen LogP contribution in [-0.2, 0) is 9.59 Å². The lowest BCUT2D eigenvalue weighted by Crippen LogP contribution is -2.32. The van der Waals surface area contributed by atoms with E-state index in [0.717, 1.165) is 0 Å². The SMILES string of the molecule is COc1ccccc1-c1nc(NC(=O)CCC(=O)N(CCC#N)c2ccccc2)n[nH]1. The van der Waals surface area contributed by atoms with E-state index in [1.54, 1.807) is 25.3 Å². The minimum Gasteiger partial charge on any atom is -0.496 e. The average Bonchev–Trinajstić information content (AvgIpc) is 3.26. The van der Waals surface area contributed by atoms with Crippen molar-refractivity contribution < 1.29 is 14.3 Å². The van der Waals surface area contributed by atoms with Crippen LogP contribution < -0.4 is 15.0 Å². The Hall–Kier alpha value is -4.19. The third-order valence-electron chi connectivity index (χ3n) is 4.48. The summed E-state index contributed by atoms with van der Waals surface area (Å²) in [6.07, 6.45) is 0.166. The molecule has 0 fully saturated rings. The summed E-state index contributed by atoms with van der Waals surface area (Å²) in [4.78, 5) is 30.7. The lowest BCUT2D eigenvalue weighted by atomic mass is 10.2. The summed E-state index contributed by atoms with van der Waals surface area (Å²) < 4.78 is 5.30. The molecule has 158 valence electrons. The minimum absolute atomic E-state index is 0.00402. The van der Waals surface area contributed by atoms with Gasteiger partial charge in [-0.2, -0.15) is 10.2 Å².